The smallest absolute Gasteiger partial charge is 0.313 e. The van der Waals surface area contributed by atoms with Crippen LogP contribution in [-0.2, 0) is 35.3 Å². The van der Waals surface area contributed by atoms with Crippen molar-refractivity contribution in [3.63, 3.8) is 0 Å². The van der Waals surface area contributed by atoms with Crippen LogP contribution in [0.25, 0.3) is 11.0 Å². The van der Waals surface area contributed by atoms with E-state index in [4.69, 9.17) is 9.47 Å². The van der Waals surface area contributed by atoms with E-state index in [0.717, 1.165) is 5.52 Å². The van der Waals surface area contributed by atoms with Crippen LogP contribution < -0.4 is 5.32 Å². The molecule has 2 N–H and O–H groups in total. The number of nitrogens with one attached hydrogen (secondary N) is 1. The number of carbonyl (C=O) groups excluding carboxylic acids is 4. The first-order chi connectivity index (χ1) is 23.8. The second kappa shape index (κ2) is 14.7. The largest absolute Gasteiger partial charge is 0.455 e. The lowest BCUT2D eigenvalue weighted by molar-refractivity contribution is -0.160. The summed E-state index contributed by atoms with van der Waals surface area (Å²) in [4.78, 5) is 58.5. The van der Waals surface area contributed by atoms with Gasteiger partial charge < -0.3 is 29.7 Å². The van der Waals surface area contributed by atoms with Gasteiger partial charge in [0.25, 0.3) is 0 Å². The van der Waals surface area contributed by atoms with Crippen LogP contribution in [0.1, 0.15) is 43.8 Å². The summed E-state index contributed by atoms with van der Waals surface area (Å²) in [7, 11) is 0. The van der Waals surface area contributed by atoms with E-state index in [0.29, 0.717) is 30.3 Å². The summed E-state index contributed by atoms with van der Waals surface area (Å²) in [5.74, 6) is -3.48. The van der Waals surface area contributed by atoms with Crippen molar-refractivity contribution in [2.45, 2.75) is 62.6 Å². The maximum Gasteiger partial charge on any atom is 0.313 e. The lowest BCUT2D eigenvalue weighted by atomic mass is 9.70. The number of hydrogen-bond donors (Lipinski definition) is 2. The standard InChI is InChI=1S/C36H42N6O7/c1-3-5-16-29(44)37-22-28(24-12-7-6-8-13-24)48-35(47)30-27-17-18-36(49-27)31(30)33(45)41(20-11-21-43)32(36)34(46)40(19-4-2)23-42-26-15-10-9-14-25(26)38-39-42/h3-4,6-10,12-15,27-28,30-32,43H,1-2,5,11,16-23H2,(H,37,44)/t27-,28+,30+,31+,32-,36+/m1/s1. The third kappa shape index (κ3) is 6.47. The number of esters is 1. The van der Waals surface area contributed by atoms with E-state index in [2.05, 4.69) is 28.8 Å². The Bertz CT molecular complexity index is 1710. The Balaban J connectivity index is 1.28. The fraction of sp³-hybridized carbons (Fsp3) is 0.444. The quantitative estimate of drug-likeness (QED) is 0.173. The molecule has 49 heavy (non-hydrogen) atoms. The normalized spacial score (nSPS) is 24.4. The van der Waals surface area contributed by atoms with Gasteiger partial charge in [-0.2, -0.15) is 0 Å². The van der Waals surface area contributed by atoms with E-state index in [-0.39, 0.29) is 63.5 Å². The third-order valence-electron chi connectivity index (χ3n) is 9.74. The molecule has 6 atom stereocenters. The van der Waals surface area contributed by atoms with Gasteiger partial charge in [-0.15, -0.1) is 18.3 Å². The topological polar surface area (TPSA) is 156 Å². The van der Waals surface area contributed by atoms with Gasteiger partial charge >= 0.3 is 5.97 Å². The van der Waals surface area contributed by atoms with Crippen molar-refractivity contribution in [3.8, 4) is 0 Å². The Morgan fingerprint density at radius 1 is 1.14 bits per heavy atom. The monoisotopic (exact) mass is 670 g/mol. The number of benzene rings is 2. The highest BCUT2D eigenvalue weighted by Gasteiger charge is 2.75. The summed E-state index contributed by atoms with van der Waals surface area (Å²) in [6.07, 6.45) is 3.71. The van der Waals surface area contributed by atoms with Crippen LogP contribution in [-0.4, -0.2) is 97.6 Å². The minimum atomic E-state index is -1.26. The molecule has 13 heteroatoms. The molecule has 2 aromatic carbocycles. The van der Waals surface area contributed by atoms with Crippen LogP contribution in [0.4, 0.5) is 0 Å². The number of nitrogens with zero attached hydrogens (tertiary/aromatic N) is 5. The van der Waals surface area contributed by atoms with Crippen LogP contribution in [0.3, 0.4) is 0 Å². The Hall–Kier alpha value is -4.88. The summed E-state index contributed by atoms with van der Waals surface area (Å²) in [5, 5.41) is 21.0. The number of likely N-dealkylation sites (tertiary alicyclic amines) is 1. The molecule has 0 unspecified atom stereocenters. The number of allylic oxidation sites excluding steroid dienone is 1. The van der Waals surface area contributed by atoms with Crippen molar-refractivity contribution in [2.75, 3.05) is 26.2 Å². The number of rotatable bonds is 16. The molecular formula is C36H42N6O7. The van der Waals surface area contributed by atoms with Crippen LogP contribution in [0, 0.1) is 11.8 Å². The van der Waals surface area contributed by atoms with Crippen molar-refractivity contribution in [1.82, 2.24) is 30.1 Å². The average Bonchev–Trinajstić information content (AvgIpc) is 3.87. The fourth-order valence-corrected chi connectivity index (χ4v) is 7.55. The predicted molar refractivity (Wildman–Crippen MR) is 178 cm³/mol. The molecular weight excluding hydrogens is 628 g/mol. The highest BCUT2D eigenvalue weighted by Crippen LogP contribution is 2.59. The van der Waals surface area contributed by atoms with E-state index in [9.17, 15) is 24.3 Å². The number of amides is 3. The summed E-state index contributed by atoms with van der Waals surface area (Å²) in [6, 6.07) is 15.5. The number of aromatic nitrogens is 3. The summed E-state index contributed by atoms with van der Waals surface area (Å²) in [5.41, 5.74) is 0.848. The van der Waals surface area contributed by atoms with Gasteiger partial charge in [-0.3, -0.25) is 19.2 Å². The highest BCUT2D eigenvalue weighted by molar-refractivity contribution is 5.98. The number of fused-ring (bicyclic) bond motifs is 2. The Morgan fingerprint density at radius 2 is 1.92 bits per heavy atom. The molecule has 6 rings (SSSR count). The number of para-hydroxylation sites is 1. The zero-order chi connectivity index (χ0) is 34.5. The Morgan fingerprint density at radius 3 is 2.67 bits per heavy atom. The number of aliphatic hydroxyl groups is 1. The summed E-state index contributed by atoms with van der Waals surface area (Å²) in [6.45, 7) is 7.69. The zero-order valence-corrected chi connectivity index (χ0v) is 27.4. The molecule has 3 fully saturated rings. The molecule has 2 bridgehead atoms. The van der Waals surface area contributed by atoms with Gasteiger partial charge in [-0.25, -0.2) is 4.68 Å². The van der Waals surface area contributed by atoms with Crippen LogP contribution in [0.5, 0.6) is 0 Å². The van der Waals surface area contributed by atoms with Crippen molar-refractivity contribution in [3.05, 3.63) is 85.5 Å². The molecule has 258 valence electrons. The molecule has 3 aliphatic heterocycles. The molecule has 3 aliphatic rings. The number of carbonyl (C=O) groups is 4. The molecule has 0 saturated carbocycles. The Kier molecular flexibility index (Phi) is 10.2. The molecule has 13 nitrogen and oxygen atoms in total. The zero-order valence-electron chi connectivity index (χ0n) is 27.4. The minimum absolute atomic E-state index is 0.0466. The van der Waals surface area contributed by atoms with Crippen molar-refractivity contribution < 1.29 is 33.8 Å². The van der Waals surface area contributed by atoms with Gasteiger partial charge in [-0.1, -0.05) is 59.8 Å². The molecule has 3 saturated heterocycles. The first-order valence-electron chi connectivity index (χ1n) is 16.7. The maximum absolute atomic E-state index is 14.6. The van der Waals surface area contributed by atoms with Gasteiger partial charge in [-0.05, 0) is 43.4 Å². The fourth-order valence-electron chi connectivity index (χ4n) is 7.55. The molecule has 4 heterocycles. The third-order valence-corrected chi connectivity index (χ3v) is 9.74. The number of aliphatic hydroxyl groups excluding tert-OH is 1. The molecule has 1 aromatic heterocycles. The lowest BCUT2D eigenvalue weighted by Gasteiger charge is -2.36. The molecule has 1 spiro atoms. The number of ether oxygens (including phenoxy) is 2. The van der Waals surface area contributed by atoms with Gasteiger partial charge in [0.15, 0.2) is 0 Å². The SMILES string of the molecule is C=CCCC(=O)NC[C@H](OC(=O)[C@@H]1[C@H]2C(=O)N(CCCO)[C@H](C(=O)N(CC=C)Cn3nnc4ccccc43)[C@]23CC[C@H]1O3)c1ccccc1. The van der Waals surface area contributed by atoms with E-state index < -0.39 is 41.7 Å². The summed E-state index contributed by atoms with van der Waals surface area (Å²) < 4.78 is 14.3. The van der Waals surface area contributed by atoms with Crippen molar-refractivity contribution in [2.24, 2.45) is 11.8 Å². The van der Waals surface area contributed by atoms with Crippen LogP contribution >= 0.6 is 0 Å². The Labute approximate surface area is 284 Å². The van der Waals surface area contributed by atoms with E-state index in [1.165, 1.54) is 4.90 Å². The highest BCUT2D eigenvalue weighted by atomic mass is 16.6. The van der Waals surface area contributed by atoms with E-state index in [1.54, 1.807) is 21.7 Å². The maximum atomic E-state index is 14.6. The van der Waals surface area contributed by atoms with Gasteiger partial charge in [0.05, 0.1) is 30.0 Å². The molecule has 0 radical (unpaired) electrons. The molecule has 3 amide bonds. The molecule has 0 aliphatic carbocycles. The number of hydrogen-bond acceptors (Lipinski definition) is 9. The van der Waals surface area contributed by atoms with Gasteiger partial charge in [0.1, 0.15) is 29.9 Å². The second-order valence-corrected chi connectivity index (χ2v) is 12.7. The lowest BCUT2D eigenvalue weighted by Crippen LogP contribution is -2.56. The second-order valence-electron chi connectivity index (χ2n) is 12.7. The van der Waals surface area contributed by atoms with Crippen molar-refractivity contribution >= 4 is 34.7 Å². The first kappa shape index (κ1) is 34.0. The summed E-state index contributed by atoms with van der Waals surface area (Å²) >= 11 is 0. The van der Waals surface area contributed by atoms with Crippen LogP contribution in [0.2, 0.25) is 0 Å². The average molecular weight is 671 g/mol. The van der Waals surface area contributed by atoms with E-state index >= 15 is 0 Å². The van der Waals surface area contributed by atoms with Gasteiger partial charge in [0.2, 0.25) is 17.7 Å². The predicted octanol–water partition coefficient (Wildman–Crippen LogP) is 2.53. The van der Waals surface area contributed by atoms with Crippen molar-refractivity contribution in [1.29, 1.82) is 0 Å². The molecule has 3 aromatic rings. The van der Waals surface area contributed by atoms with E-state index in [1.807, 2.05) is 54.6 Å². The van der Waals surface area contributed by atoms with Gasteiger partial charge in [0, 0.05) is 26.1 Å². The minimum Gasteiger partial charge on any atom is -0.455 e. The van der Waals surface area contributed by atoms with Crippen LogP contribution in [0.15, 0.2) is 79.9 Å². The first-order valence-corrected chi connectivity index (χ1v) is 16.7.